The summed E-state index contributed by atoms with van der Waals surface area (Å²) in [6.45, 7) is 6.19. The van der Waals surface area contributed by atoms with Gasteiger partial charge in [0.25, 0.3) is 0 Å². The molecule has 0 spiro atoms. The summed E-state index contributed by atoms with van der Waals surface area (Å²) in [7, 11) is 0. The maximum Gasteiger partial charge on any atom is 0.222 e. The first-order valence-electron chi connectivity index (χ1n) is 14.2. The molecule has 0 aliphatic carbocycles. The molecule has 0 unspecified atom stereocenters. The van der Waals surface area contributed by atoms with E-state index < -0.39 is 0 Å². The smallest absolute Gasteiger partial charge is 0.222 e. The normalized spacial score (nSPS) is 15.9. The fourth-order valence-electron chi connectivity index (χ4n) is 5.63. The van der Waals surface area contributed by atoms with Crippen LogP contribution in [0.25, 0.3) is 20.5 Å². The monoisotopic (exact) mass is 540 g/mol. The van der Waals surface area contributed by atoms with Gasteiger partial charge in [0.05, 0.1) is 6.54 Å². The second-order valence-corrected chi connectivity index (χ2v) is 11.5. The Hall–Kier alpha value is -3.35. The average molecular weight is 541 g/mol. The van der Waals surface area contributed by atoms with E-state index in [1.165, 1.54) is 57.6 Å². The number of carbonyl (C=O) groups is 1. The molecule has 0 bridgehead atoms. The zero-order valence-corrected chi connectivity index (χ0v) is 23.3. The van der Waals surface area contributed by atoms with Gasteiger partial charge in [-0.15, -0.1) is 11.3 Å². The van der Waals surface area contributed by atoms with E-state index in [4.69, 9.17) is 9.47 Å². The van der Waals surface area contributed by atoms with Crippen LogP contribution in [0, 0.1) is 0 Å². The lowest BCUT2D eigenvalue weighted by atomic mass is 9.99. The Kier molecular flexibility index (Phi) is 8.12. The molecule has 3 aromatic carbocycles. The van der Waals surface area contributed by atoms with E-state index in [1.54, 1.807) is 0 Å². The van der Waals surface area contributed by atoms with Gasteiger partial charge < -0.3 is 14.4 Å². The molecule has 2 saturated heterocycles. The Bertz CT molecular complexity index is 1390. The minimum atomic E-state index is 0.242. The van der Waals surface area contributed by atoms with Gasteiger partial charge >= 0.3 is 0 Å². The molecular weight excluding hydrogens is 504 g/mol. The first-order valence-corrected chi connectivity index (χ1v) is 15.0. The highest BCUT2D eigenvalue weighted by Crippen LogP contribution is 2.40. The molecule has 2 fully saturated rings. The van der Waals surface area contributed by atoms with Crippen LogP contribution in [0.1, 0.15) is 36.8 Å². The predicted octanol–water partition coefficient (Wildman–Crippen LogP) is 6.63. The summed E-state index contributed by atoms with van der Waals surface area (Å²) < 4.78 is 13.3. The van der Waals surface area contributed by atoms with Crippen molar-refractivity contribution in [2.24, 2.45) is 0 Å². The van der Waals surface area contributed by atoms with Crippen LogP contribution in [-0.4, -0.2) is 61.6 Å². The van der Waals surface area contributed by atoms with Gasteiger partial charge in [-0.05, 0) is 103 Å². The number of ether oxygens (including phenoxy) is 2. The fraction of sp³-hybridized carbons (Fsp3) is 0.364. The maximum absolute atomic E-state index is 11.8. The van der Waals surface area contributed by atoms with Crippen molar-refractivity contribution in [2.75, 3.05) is 45.9 Å². The Morgan fingerprint density at radius 2 is 1.44 bits per heavy atom. The number of likely N-dealkylation sites (tertiary alicyclic amines) is 2. The van der Waals surface area contributed by atoms with E-state index in [0.717, 1.165) is 44.0 Å². The van der Waals surface area contributed by atoms with Crippen molar-refractivity contribution >= 4 is 27.3 Å². The summed E-state index contributed by atoms with van der Waals surface area (Å²) in [5.74, 6) is 2.03. The minimum absolute atomic E-state index is 0.242. The Balaban J connectivity index is 1.13. The van der Waals surface area contributed by atoms with Crippen LogP contribution in [-0.2, 0) is 11.2 Å². The van der Waals surface area contributed by atoms with E-state index in [1.807, 2.05) is 28.4 Å². The van der Waals surface area contributed by atoms with Crippen LogP contribution >= 0.6 is 11.3 Å². The Morgan fingerprint density at radius 3 is 2.15 bits per heavy atom. The van der Waals surface area contributed by atoms with Gasteiger partial charge in [-0.2, -0.15) is 0 Å². The minimum Gasteiger partial charge on any atom is -0.492 e. The molecule has 39 heavy (non-hydrogen) atoms. The molecule has 6 heteroatoms. The van der Waals surface area contributed by atoms with Crippen molar-refractivity contribution in [3.05, 3.63) is 83.9 Å². The lowest BCUT2D eigenvalue weighted by Gasteiger charge is -2.16. The number of thiophene rings is 1. The fourth-order valence-corrected chi connectivity index (χ4v) is 6.86. The van der Waals surface area contributed by atoms with Crippen molar-refractivity contribution in [2.45, 2.75) is 32.1 Å². The first-order chi connectivity index (χ1) is 19.2. The van der Waals surface area contributed by atoms with Gasteiger partial charge in [0, 0.05) is 29.1 Å². The summed E-state index contributed by atoms with van der Waals surface area (Å²) in [6.07, 6.45) is 5.13. The van der Waals surface area contributed by atoms with Crippen molar-refractivity contribution in [1.82, 2.24) is 9.80 Å². The van der Waals surface area contributed by atoms with Crippen molar-refractivity contribution in [3.63, 3.8) is 0 Å². The van der Waals surface area contributed by atoms with Gasteiger partial charge in [-0.3, -0.25) is 9.69 Å². The summed E-state index contributed by atoms with van der Waals surface area (Å²) in [5.41, 5.74) is 3.85. The average Bonchev–Trinajstić information content (AvgIpc) is 3.72. The van der Waals surface area contributed by atoms with Crippen LogP contribution in [0.15, 0.2) is 72.8 Å². The second kappa shape index (κ2) is 12.2. The molecule has 202 valence electrons. The van der Waals surface area contributed by atoms with Crippen molar-refractivity contribution in [1.29, 1.82) is 0 Å². The van der Waals surface area contributed by atoms with Crippen LogP contribution < -0.4 is 9.47 Å². The van der Waals surface area contributed by atoms with Crippen LogP contribution in [0.2, 0.25) is 0 Å². The molecule has 3 heterocycles. The second-order valence-electron chi connectivity index (χ2n) is 10.5. The number of rotatable bonds is 11. The molecule has 4 aromatic rings. The number of hydrogen-bond donors (Lipinski definition) is 0. The molecule has 1 aromatic heterocycles. The third kappa shape index (κ3) is 6.29. The lowest BCUT2D eigenvalue weighted by Crippen LogP contribution is -2.29. The Morgan fingerprint density at radius 1 is 0.744 bits per heavy atom. The predicted molar refractivity (Wildman–Crippen MR) is 159 cm³/mol. The van der Waals surface area contributed by atoms with E-state index in [9.17, 15) is 4.79 Å². The van der Waals surface area contributed by atoms with Crippen LogP contribution in [0.5, 0.6) is 11.5 Å². The zero-order chi connectivity index (χ0) is 26.4. The summed E-state index contributed by atoms with van der Waals surface area (Å²) in [4.78, 5) is 17.5. The van der Waals surface area contributed by atoms with Crippen molar-refractivity contribution in [3.8, 4) is 21.9 Å². The highest BCUT2D eigenvalue weighted by molar-refractivity contribution is 7.22. The molecule has 6 rings (SSSR count). The molecule has 1 amide bonds. The molecule has 0 radical (unpaired) electrons. The third-order valence-corrected chi connectivity index (χ3v) is 9.06. The van der Waals surface area contributed by atoms with Crippen LogP contribution in [0.4, 0.5) is 0 Å². The SMILES string of the molecule is O=C1CCCN1CCOc1ccc(-c2sc3ccccc3c2Cc2ccc(OCCN3CCCC3)cc2)cc1. The molecule has 0 N–H and O–H groups in total. The first kappa shape index (κ1) is 25.9. The van der Waals surface area contributed by atoms with Gasteiger partial charge in [0.1, 0.15) is 24.7 Å². The topological polar surface area (TPSA) is 42.0 Å². The van der Waals surface area contributed by atoms with E-state index in [0.29, 0.717) is 19.6 Å². The lowest BCUT2D eigenvalue weighted by molar-refractivity contribution is -0.128. The number of nitrogens with zero attached hydrogens (tertiary/aromatic N) is 2. The highest BCUT2D eigenvalue weighted by atomic mass is 32.1. The number of carbonyl (C=O) groups excluding carboxylic acids is 1. The molecule has 0 saturated carbocycles. The molecule has 5 nitrogen and oxygen atoms in total. The standard InChI is InChI=1S/C33H36N2O3S/c36-32-8-5-19-35(32)21-23-38-28-15-11-26(12-16-28)33-30(29-6-1-2-7-31(29)39-33)24-25-9-13-27(14-10-25)37-22-20-34-17-3-4-18-34/h1-2,6-7,9-16H,3-5,8,17-24H2. The molecule has 2 aliphatic heterocycles. The number of fused-ring (bicyclic) bond motifs is 1. The molecule has 2 aliphatic rings. The quantitative estimate of drug-likeness (QED) is 0.214. The number of hydrogen-bond acceptors (Lipinski definition) is 5. The maximum atomic E-state index is 11.8. The molecule has 0 atom stereocenters. The summed E-state index contributed by atoms with van der Waals surface area (Å²) in [5, 5.41) is 1.32. The van der Waals surface area contributed by atoms with E-state index >= 15 is 0 Å². The number of amides is 1. The summed E-state index contributed by atoms with van der Waals surface area (Å²) >= 11 is 1.85. The van der Waals surface area contributed by atoms with E-state index in [2.05, 4.69) is 65.6 Å². The van der Waals surface area contributed by atoms with Gasteiger partial charge in [-0.25, -0.2) is 0 Å². The highest BCUT2D eigenvalue weighted by Gasteiger charge is 2.19. The summed E-state index contributed by atoms with van der Waals surface area (Å²) in [6, 6.07) is 25.7. The number of benzene rings is 3. The van der Waals surface area contributed by atoms with Crippen molar-refractivity contribution < 1.29 is 14.3 Å². The van der Waals surface area contributed by atoms with Gasteiger partial charge in [-0.1, -0.05) is 30.3 Å². The van der Waals surface area contributed by atoms with E-state index in [-0.39, 0.29) is 5.91 Å². The zero-order valence-electron chi connectivity index (χ0n) is 22.4. The molecular formula is C33H36N2O3S. The Labute approximate surface area is 235 Å². The van der Waals surface area contributed by atoms with Gasteiger partial charge in [0.15, 0.2) is 0 Å². The third-order valence-electron chi connectivity index (χ3n) is 7.80. The van der Waals surface area contributed by atoms with Gasteiger partial charge in [0.2, 0.25) is 5.91 Å². The largest absolute Gasteiger partial charge is 0.492 e. The van der Waals surface area contributed by atoms with Crippen LogP contribution in [0.3, 0.4) is 0 Å².